The van der Waals surface area contributed by atoms with Crippen LogP contribution in [0.15, 0.2) is 52.4 Å². The Morgan fingerprint density at radius 2 is 1.89 bits per heavy atom. The fourth-order valence-corrected chi connectivity index (χ4v) is 4.18. The fourth-order valence-electron chi connectivity index (χ4n) is 4.18. The van der Waals surface area contributed by atoms with Crippen LogP contribution in [0.25, 0.3) is 0 Å². The molecule has 6 heteroatoms. The van der Waals surface area contributed by atoms with Crippen molar-refractivity contribution in [2.45, 2.75) is 31.8 Å². The van der Waals surface area contributed by atoms with E-state index in [1.165, 1.54) is 17.5 Å². The second-order valence-electron chi connectivity index (χ2n) is 6.99. The quantitative estimate of drug-likeness (QED) is 0.637. The molecule has 2 heterocycles. The molecule has 0 aliphatic carbocycles. The summed E-state index contributed by atoms with van der Waals surface area (Å²) in [6, 6.07) is 14.3. The van der Waals surface area contributed by atoms with Gasteiger partial charge in [0.2, 0.25) is 0 Å². The van der Waals surface area contributed by atoms with E-state index in [0.717, 1.165) is 24.0 Å². The van der Waals surface area contributed by atoms with E-state index < -0.39 is 0 Å². The summed E-state index contributed by atoms with van der Waals surface area (Å²) in [6.07, 6.45) is 3.45. The highest BCUT2D eigenvalue weighted by Crippen LogP contribution is 2.52. The number of amidine groups is 1. The maximum Gasteiger partial charge on any atom is 0.322 e. The van der Waals surface area contributed by atoms with E-state index in [4.69, 9.17) is 5.73 Å². The molecule has 3 N–H and O–H groups in total. The first-order valence-corrected chi connectivity index (χ1v) is 9.13. The Labute approximate surface area is 160 Å². The van der Waals surface area contributed by atoms with Crippen molar-refractivity contribution in [1.82, 2.24) is 4.90 Å². The molecule has 2 aliphatic rings. The second-order valence-corrected chi connectivity index (χ2v) is 6.99. The molecule has 0 aromatic heterocycles. The zero-order valence-corrected chi connectivity index (χ0v) is 15.5. The molecular weight excluding hydrogens is 338 g/mol. The molecule has 140 valence electrons. The largest absolute Gasteiger partial charge is 0.383 e. The minimum absolute atomic E-state index is 0. The van der Waals surface area contributed by atoms with Crippen LogP contribution >= 0.6 is 0 Å². The number of aliphatic imine (C=N–C) groups is 2. The molecule has 1 fully saturated rings. The number of carbonyl (C=O) groups excluding carboxylic acids is 1. The molecule has 1 saturated heterocycles. The lowest BCUT2D eigenvalue weighted by molar-refractivity contribution is 0.197. The number of hydrogen-bond donors (Lipinski definition) is 2. The van der Waals surface area contributed by atoms with Crippen LogP contribution in [0.2, 0.25) is 0 Å². The van der Waals surface area contributed by atoms with Crippen molar-refractivity contribution in [3.05, 3.63) is 64.7 Å². The molecule has 2 aromatic rings. The van der Waals surface area contributed by atoms with E-state index in [-0.39, 0.29) is 19.5 Å². The van der Waals surface area contributed by atoms with Crippen molar-refractivity contribution < 1.29 is 6.22 Å². The molecule has 2 bridgehead atoms. The molecule has 0 spiro atoms. The van der Waals surface area contributed by atoms with Gasteiger partial charge in [0.05, 0.1) is 12.1 Å². The highest BCUT2D eigenvalue weighted by atomic mass is 16.2. The zero-order chi connectivity index (χ0) is 19.0. The van der Waals surface area contributed by atoms with Crippen LogP contribution in [0.1, 0.15) is 48.6 Å². The zero-order valence-electron chi connectivity index (χ0n) is 15.5. The van der Waals surface area contributed by atoms with Crippen LogP contribution in [0.3, 0.4) is 0 Å². The summed E-state index contributed by atoms with van der Waals surface area (Å²) in [6.45, 7) is 1.96. The van der Waals surface area contributed by atoms with Crippen LogP contribution in [-0.4, -0.2) is 30.2 Å². The van der Waals surface area contributed by atoms with Crippen LogP contribution in [0, 0.1) is 6.92 Å². The Kier molecular flexibility index (Phi) is 4.39. The highest BCUT2D eigenvalue weighted by molar-refractivity contribution is 6.03. The Morgan fingerprint density at radius 3 is 2.52 bits per heavy atom. The first kappa shape index (κ1) is 17.3. The van der Waals surface area contributed by atoms with Gasteiger partial charge in [0, 0.05) is 19.7 Å². The minimum Gasteiger partial charge on any atom is -0.383 e. The first-order chi connectivity index (χ1) is 13.1. The number of hydrogen-bond acceptors (Lipinski definition) is 2. The van der Waals surface area contributed by atoms with Gasteiger partial charge in [-0.05, 0) is 48.6 Å². The van der Waals surface area contributed by atoms with Gasteiger partial charge in [-0.15, -0.1) is 0 Å². The number of amides is 2. The average molecular weight is 363 g/mol. The van der Waals surface area contributed by atoms with Gasteiger partial charge in [-0.1, -0.05) is 30.3 Å². The SMILES string of the molecule is CN=CN=C(N)c1cc(NC(=O)N2C3CCC2c2ccccc23)ccc1C.[HH]. The summed E-state index contributed by atoms with van der Waals surface area (Å²) >= 11 is 0. The minimum atomic E-state index is -0.0702. The van der Waals surface area contributed by atoms with Crippen LogP contribution in [-0.2, 0) is 0 Å². The van der Waals surface area contributed by atoms with Gasteiger partial charge in [0.25, 0.3) is 0 Å². The lowest BCUT2D eigenvalue weighted by Crippen LogP contribution is -2.32. The third-order valence-electron chi connectivity index (χ3n) is 5.41. The van der Waals surface area contributed by atoms with Crippen molar-refractivity contribution in [1.29, 1.82) is 0 Å². The van der Waals surface area contributed by atoms with Gasteiger partial charge in [-0.25, -0.2) is 9.79 Å². The summed E-state index contributed by atoms with van der Waals surface area (Å²) in [5.41, 5.74) is 11.1. The molecule has 2 aromatic carbocycles. The summed E-state index contributed by atoms with van der Waals surface area (Å²) in [5.74, 6) is 0.378. The molecular formula is C21H25N5O. The van der Waals surface area contributed by atoms with E-state index in [1.54, 1.807) is 7.05 Å². The molecule has 2 aliphatic heterocycles. The number of nitrogens with one attached hydrogen (secondary N) is 1. The maximum absolute atomic E-state index is 13.0. The predicted molar refractivity (Wildman–Crippen MR) is 110 cm³/mol. The van der Waals surface area contributed by atoms with E-state index in [9.17, 15) is 4.79 Å². The lowest BCUT2D eigenvalue weighted by Gasteiger charge is -2.23. The monoisotopic (exact) mass is 363 g/mol. The highest BCUT2D eigenvalue weighted by Gasteiger charge is 2.46. The van der Waals surface area contributed by atoms with Crippen molar-refractivity contribution in [2.24, 2.45) is 15.7 Å². The van der Waals surface area contributed by atoms with Crippen molar-refractivity contribution in [3.8, 4) is 0 Å². The molecule has 4 rings (SSSR count). The van der Waals surface area contributed by atoms with Crippen LogP contribution < -0.4 is 11.1 Å². The number of nitrogens with zero attached hydrogens (tertiary/aromatic N) is 3. The normalized spacial score (nSPS) is 21.0. The number of nitrogens with two attached hydrogens (primary N) is 1. The van der Waals surface area contributed by atoms with Gasteiger partial charge in [-0.2, -0.15) is 0 Å². The van der Waals surface area contributed by atoms with E-state index >= 15 is 0 Å². The lowest BCUT2D eigenvalue weighted by atomic mass is 9.92. The van der Waals surface area contributed by atoms with Crippen molar-refractivity contribution in [3.63, 3.8) is 0 Å². The number of rotatable bonds is 3. The van der Waals surface area contributed by atoms with Gasteiger partial charge < -0.3 is 16.0 Å². The molecule has 27 heavy (non-hydrogen) atoms. The Balaban J connectivity index is 0.00000225. The molecule has 6 nitrogen and oxygen atoms in total. The topological polar surface area (TPSA) is 83.1 Å². The molecule has 2 atom stereocenters. The van der Waals surface area contributed by atoms with Gasteiger partial charge in [-0.3, -0.25) is 4.99 Å². The summed E-state index contributed by atoms with van der Waals surface area (Å²) in [5, 5.41) is 3.04. The van der Waals surface area contributed by atoms with Crippen LogP contribution in [0.5, 0.6) is 0 Å². The van der Waals surface area contributed by atoms with Crippen molar-refractivity contribution in [2.75, 3.05) is 12.4 Å². The Bertz CT molecular complexity index is 925. The average Bonchev–Trinajstić information content (AvgIpc) is 3.25. The molecule has 0 saturated carbocycles. The molecule has 2 amide bonds. The molecule has 2 unspecified atom stereocenters. The van der Waals surface area contributed by atoms with E-state index in [0.29, 0.717) is 11.5 Å². The summed E-state index contributed by atoms with van der Waals surface area (Å²) in [7, 11) is 1.64. The number of benzene rings is 2. The first-order valence-electron chi connectivity index (χ1n) is 9.13. The number of urea groups is 1. The fraction of sp³-hybridized carbons (Fsp3) is 0.286. The Hall–Kier alpha value is -3.15. The number of anilines is 1. The number of carbonyl (C=O) groups is 1. The maximum atomic E-state index is 13.0. The van der Waals surface area contributed by atoms with Gasteiger partial charge >= 0.3 is 6.03 Å². The smallest absolute Gasteiger partial charge is 0.322 e. The number of aryl methyl sites for hydroxylation is 1. The Morgan fingerprint density at radius 1 is 1.22 bits per heavy atom. The van der Waals surface area contributed by atoms with Crippen molar-refractivity contribution >= 4 is 23.9 Å². The van der Waals surface area contributed by atoms with Gasteiger partial charge in [0.1, 0.15) is 12.2 Å². The summed E-state index contributed by atoms with van der Waals surface area (Å²) in [4.78, 5) is 22.9. The van der Waals surface area contributed by atoms with Crippen LogP contribution in [0.4, 0.5) is 10.5 Å². The van der Waals surface area contributed by atoms with E-state index in [1.807, 2.05) is 42.2 Å². The molecule has 0 radical (unpaired) electrons. The summed E-state index contributed by atoms with van der Waals surface area (Å²) < 4.78 is 0. The van der Waals surface area contributed by atoms with E-state index in [2.05, 4.69) is 27.4 Å². The second kappa shape index (κ2) is 6.87. The number of fused-ring (bicyclic) bond motifs is 5. The predicted octanol–water partition coefficient (Wildman–Crippen LogP) is 4.03. The third kappa shape index (κ3) is 2.97. The standard InChI is InChI=1S/C21H23N5O.H2/c1-13-7-8-14(11-17(13)20(22)24-12-23-2)25-21(27)26-18-9-10-19(26)16-6-4-3-5-15(16)18;/h3-8,11-12,18-19H,9-10H2,1-2H3,(H,25,27)(H2,22,23,24);1H. The van der Waals surface area contributed by atoms with Gasteiger partial charge in [0.15, 0.2) is 0 Å². The third-order valence-corrected chi connectivity index (χ3v) is 5.41.